The Balaban J connectivity index is 1.82. The zero-order valence-corrected chi connectivity index (χ0v) is 19.6. The molecule has 2 aromatic carbocycles. The van der Waals surface area contributed by atoms with Crippen LogP contribution in [-0.4, -0.2) is 55.2 Å². The highest BCUT2D eigenvalue weighted by Crippen LogP contribution is 2.31. The first-order valence-corrected chi connectivity index (χ1v) is 11.6. The van der Waals surface area contributed by atoms with Crippen LogP contribution in [0.4, 0.5) is 5.13 Å². The summed E-state index contributed by atoms with van der Waals surface area (Å²) in [5, 5.41) is 0.689. The number of likely N-dealkylation sites (N-methyl/N-ethyl adjacent to an activating group) is 1. The topological polar surface area (TPSA) is 54.9 Å². The Morgan fingerprint density at radius 3 is 2.52 bits per heavy atom. The monoisotopic (exact) mass is 441 g/mol. The molecular formula is C24H31N3O3S. The summed E-state index contributed by atoms with van der Waals surface area (Å²) in [6, 6.07) is 13.6. The van der Waals surface area contributed by atoms with E-state index in [0.717, 1.165) is 46.9 Å². The van der Waals surface area contributed by atoms with Gasteiger partial charge in [-0.2, -0.15) is 0 Å². The van der Waals surface area contributed by atoms with Crippen molar-refractivity contribution in [2.75, 3.05) is 44.3 Å². The molecule has 6 nitrogen and oxygen atoms in total. The lowest BCUT2D eigenvalue weighted by Crippen LogP contribution is -2.41. The first-order valence-electron chi connectivity index (χ1n) is 10.8. The smallest absolute Gasteiger partial charge is 0.266 e. The lowest BCUT2D eigenvalue weighted by Gasteiger charge is -2.24. The van der Waals surface area contributed by atoms with Crippen LogP contribution in [0.25, 0.3) is 10.2 Å². The number of amides is 1. The van der Waals surface area contributed by atoms with Gasteiger partial charge in [-0.05, 0) is 56.8 Å². The summed E-state index contributed by atoms with van der Waals surface area (Å²) in [5.74, 6) is 1.44. The largest absolute Gasteiger partial charge is 0.494 e. The second-order valence-corrected chi connectivity index (χ2v) is 8.19. The number of hydrogen-bond acceptors (Lipinski definition) is 6. The minimum Gasteiger partial charge on any atom is -0.494 e. The Bertz CT molecular complexity index is 1000. The van der Waals surface area contributed by atoms with Gasteiger partial charge in [0.2, 0.25) is 0 Å². The maximum absolute atomic E-state index is 13.2. The highest BCUT2D eigenvalue weighted by atomic mass is 32.1. The number of aryl methyl sites for hydroxylation is 1. The molecule has 0 aliphatic carbocycles. The van der Waals surface area contributed by atoms with E-state index >= 15 is 0 Å². The molecule has 1 amide bonds. The number of hydrogen-bond donors (Lipinski definition) is 0. The summed E-state index contributed by atoms with van der Waals surface area (Å²) in [5.41, 5.74) is 1.87. The number of benzene rings is 2. The van der Waals surface area contributed by atoms with E-state index in [1.54, 1.807) is 4.90 Å². The van der Waals surface area contributed by atoms with Gasteiger partial charge in [-0.15, -0.1) is 0 Å². The highest BCUT2D eigenvalue weighted by molar-refractivity contribution is 7.22. The lowest BCUT2D eigenvalue weighted by molar-refractivity contribution is -0.120. The molecule has 1 heterocycles. The normalized spacial score (nSPS) is 11.1. The quantitative estimate of drug-likeness (QED) is 0.430. The third-order valence-electron chi connectivity index (χ3n) is 5.17. The number of anilines is 1. The van der Waals surface area contributed by atoms with Crippen LogP contribution in [0.2, 0.25) is 0 Å². The Morgan fingerprint density at radius 1 is 1.03 bits per heavy atom. The molecule has 0 radical (unpaired) electrons. The Hall–Kier alpha value is -2.64. The van der Waals surface area contributed by atoms with Gasteiger partial charge in [0, 0.05) is 13.1 Å². The van der Waals surface area contributed by atoms with Crippen LogP contribution >= 0.6 is 11.3 Å². The van der Waals surface area contributed by atoms with E-state index in [1.165, 1.54) is 11.3 Å². The number of fused-ring (bicyclic) bond motifs is 1. The van der Waals surface area contributed by atoms with Crippen LogP contribution in [0.5, 0.6) is 11.5 Å². The van der Waals surface area contributed by atoms with E-state index in [-0.39, 0.29) is 12.5 Å². The minimum absolute atomic E-state index is 0.0246. The van der Waals surface area contributed by atoms with Crippen molar-refractivity contribution >= 4 is 32.6 Å². The number of rotatable bonds is 11. The summed E-state index contributed by atoms with van der Waals surface area (Å²) >= 11 is 1.51. The fourth-order valence-corrected chi connectivity index (χ4v) is 4.35. The Labute approximate surface area is 188 Å². The van der Waals surface area contributed by atoms with Crippen molar-refractivity contribution in [1.29, 1.82) is 0 Å². The highest BCUT2D eigenvalue weighted by Gasteiger charge is 2.21. The minimum atomic E-state index is -0.0977. The maximum atomic E-state index is 13.2. The third kappa shape index (κ3) is 5.95. The Morgan fingerprint density at radius 2 is 1.81 bits per heavy atom. The molecule has 0 aliphatic rings. The van der Waals surface area contributed by atoms with Crippen LogP contribution in [-0.2, 0) is 4.79 Å². The van der Waals surface area contributed by atoms with Crippen LogP contribution in [0.1, 0.15) is 26.3 Å². The van der Waals surface area contributed by atoms with Crippen LogP contribution < -0.4 is 14.4 Å². The molecule has 31 heavy (non-hydrogen) atoms. The SMILES string of the molecule is CCOc1ccc2nc(N(CCN(CC)CC)C(=O)COc3ccccc3C)sc2c1. The average Bonchev–Trinajstić information content (AvgIpc) is 3.19. The number of carbonyl (C=O) groups excluding carboxylic acids is 1. The van der Waals surface area contributed by atoms with Gasteiger partial charge in [0.05, 0.1) is 16.8 Å². The summed E-state index contributed by atoms with van der Waals surface area (Å²) < 4.78 is 12.4. The molecule has 166 valence electrons. The molecular weight excluding hydrogens is 410 g/mol. The van der Waals surface area contributed by atoms with Crippen molar-refractivity contribution in [3.8, 4) is 11.5 Å². The molecule has 0 N–H and O–H groups in total. The van der Waals surface area contributed by atoms with E-state index < -0.39 is 0 Å². The predicted molar refractivity (Wildman–Crippen MR) is 128 cm³/mol. The molecule has 0 spiro atoms. The molecule has 7 heteroatoms. The summed E-state index contributed by atoms with van der Waals surface area (Å²) in [6.07, 6.45) is 0. The maximum Gasteiger partial charge on any atom is 0.266 e. The van der Waals surface area contributed by atoms with E-state index in [4.69, 9.17) is 14.5 Å². The summed E-state index contributed by atoms with van der Waals surface area (Å²) in [7, 11) is 0. The molecule has 3 aromatic rings. The van der Waals surface area contributed by atoms with E-state index in [1.807, 2.05) is 56.3 Å². The Kier molecular flexibility index (Phi) is 8.26. The molecule has 0 saturated heterocycles. The van der Waals surface area contributed by atoms with Crippen LogP contribution in [0.15, 0.2) is 42.5 Å². The van der Waals surface area contributed by atoms with Crippen molar-refractivity contribution in [3.63, 3.8) is 0 Å². The number of aromatic nitrogens is 1. The molecule has 1 aromatic heterocycles. The van der Waals surface area contributed by atoms with E-state index in [0.29, 0.717) is 18.3 Å². The lowest BCUT2D eigenvalue weighted by atomic mass is 10.2. The zero-order chi connectivity index (χ0) is 22.2. The van der Waals surface area contributed by atoms with Crippen molar-refractivity contribution in [3.05, 3.63) is 48.0 Å². The second-order valence-electron chi connectivity index (χ2n) is 7.19. The third-order valence-corrected chi connectivity index (χ3v) is 6.21. The molecule has 0 unspecified atom stereocenters. The zero-order valence-electron chi connectivity index (χ0n) is 18.8. The van der Waals surface area contributed by atoms with Gasteiger partial charge in [-0.1, -0.05) is 43.4 Å². The van der Waals surface area contributed by atoms with Crippen LogP contribution in [0, 0.1) is 6.92 Å². The summed E-state index contributed by atoms with van der Waals surface area (Å²) in [4.78, 5) is 22.0. The number of para-hydroxylation sites is 1. The van der Waals surface area contributed by atoms with E-state index in [2.05, 4.69) is 18.7 Å². The molecule has 3 rings (SSSR count). The van der Waals surface area contributed by atoms with E-state index in [9.17, 15) is 4.79 Å². The standard InChI is InChI=1S/C24H31N3O3S/c1-5-26(6-2)14-15-27(23(28)17-30-21-11-9-8-10-18(21)4)24-25-20-13-12-19(29-7-3)16-22(20)31-24/h8-13,16H,5-7,14-15,17H2,1-4H3. The van der Waals surface area contributed by atoms with Gasteiger partial charge < -0.3 is 14.4 Å². The van der Waals surface area contributed by atoms with Gasteiger partial charge in [-0.3, -0.25) is 9.69 Å². The molecule has 0 fully saturated rings. The average molecular weight is 442 g/mol. The van der Waals surface area contributed by atoms with Gasteiger partial charge in [-0.25, -0.2) is 4.98 Å². The molecule has 0 saturated carbocycles. The fourth-order valence-electron chi connectivity index (χ4n) is 3.31. The van der Waals surface area contributed by atoms with Gasteiger partial charge in [0.25, 0.3) is 5.91 Å². The fraction of sp³-hybridized carbons (Fsp3) is 0.417. The molecule has 0 bridgehead atoms. The number of thiazole rings is 1. The number of nitrogens with zero attached hydrogens (tertiary/aromatic N) is 3. The predicted octanol–water partition coefficient (Wildman–Crippen LogP) is 4.76. The number of ether oxygens (including phenoxy) is 2. The van der Waals surface area contributed by atoms with Crippen molar-refractivity contribution < 1.29 is 14.3 Å². The summed E-state index contributed by atoms with van der Waals surface area (Å²) in [6.45, 7) is 12.0. The van der Waals surface area contributed by atoms with Gasteiger partial charge in [0.1, 0.15) is 11.5 Å². The van der Waals surface area contributed by atoms with Gasteiger partial charge in [0.15, 0.2) is 11.7 Å². The second kappa shape index (κ2) is 11.1. The van der Waals surface area contributed by atoms with Gasteiger partial charge >= 0.3 is 0 Å². The number of carbonyl (C=O) groups is 1. The van der Waals surface area contributed by atoms with Crippen molar-refractivity contribution in [1.82, 2.24) is 9.88 Å². The van der Waals surface area contributed by atoms with Crippen molar-refractivity contribution in [2.24, 2.45) is 0 Å². The van der Waals surface area contributed by atoms with Crippen LogP contribution in [0.3, 0.4) is 0 Å². The molecule has 0 aliphatic heterocycles. The molecule has 0 atom stereocenters. The first-order chi connectivity index (χ1) is 15.0. The van der Waals surface area contributed by atoms with Crippen molar-refractivity contribution in [2.45, 2.75) is 27.7 Å². The first kappa shape index (κ1) is 23.0.